The molecule has 1 amide bonds. The lowest BCUT2D eigenvalue weighted by Gasteiger charge is -2.29. The number of oxime groups is 1. The molecule has 2 rings (SSSR count). The van der Waals surface area contributed by atoms with Gasteiger partial charge >= 0.3 is 0 Å². The second kappa shape index (κ2) is 4.88. The van der Waals surface area contributed by atoms with Crippen molar-refractivity contribution in [2.45, 2.75) is 30.9 Å². The molecule has 2 aliphatic rings. The van der Waals surface area contributed by atoms with E-state index in [1.54, 1.807) is 11.8 Å². The van der Waals surface area contributed by atoms with E-state index < -0.39 is 0 Å². The number of piperidine rings is 1. The van der Waals surface area contributed by atoms with Gasteiger partial charge in [-0.25, -0.2) is 0 Å². The number of rotatable bonds is 1. The highest BCUT2D eigenvalue weighted by atomic mass is 32.2. The Balaban J connectivity index is 1.87. The molecule has 0 aromatic carbocycles. The monoisotopic (exact) mass is 228 g/mol. The molecule has 1 N–H and O–H groups in total. The zero-order valence-corrected chi connectivity index (χ0v) is 9.50. The van der Waals surface area contributed by atoms with Gasteiger partial charge in [0.15, 0.2) is 0 Å². The van der Waals surface area contributed by atoms with Crippen LogP contribution in [0.15, 0.2) is 5.16 Å². The van der Waals surface area contributed by atoms with E-state index in [1.165, 1.54) is 0 Å². The van der Waals surface area contributed by atoms with Crippen LogP contribution in [-0.2, 0) is 4.79 Å². The number of nitrogens with zero attached hydrogens (tertiary/aromatic N) is 2. The summed E-state index contributed by atoms with van der Waals surface area (Å²) >= 11 is 1.78. The number of thioether (sulfide) groups is 1. The number of hydrogen-bond acceptors (Lipinski definition) is 4. The maximum absolute atomic E-state index is 12.0. The lowest BCUT2D eigenvalue weighted by molar-refractivity contribution is -0.130. The van der Waals surface area contributed by atoms with Gasteiger partial charge in [-0.1, -0.05) is 5.16 Å². The Bertz CT molecular complexity index is 265. The molecule has 2 aliphatic heterocycles. The Morgan fingerprint density at radius 1 is 1.47 bits per heavy atom. The Hall–Kier alpha value is -0.710. The van der Waals surface area contributed by atoms with E-state index in [2.05, 4.69) is 5.16 Å². The summed E-state index contributed by atoms with van der Waals surface area (Å²) in [5.41, 5.74) is 0.818. The fourth-order valence-electron chi connectivity index (χ4n) is 2.06. The van der Waals surface area contributed by atoms with Crippen molar-refractivity contribution in [3.63, 3.8) is 0 Å². The molecule has 2 saturated heterocycles. The van der Waals surface area contributed by atoms with E-state index in [0.29, 0.717) is 0 Å². The molecule has 0 radical (unpaired) electrons. The smallest absolute Gasteiger partial charge is 0.235 e. The van der Waals surface area contributed by atoms with Gasteiger partial charge in [0, 0.05) is 25.9 Å². The summed E-state index contributed by atoms with van der Waals surface area (Å²) in [6.45, 7) is 1.44. The zero-order valence-electron chi connectivity index (χ0n) is 8.69. The van der Waals surface area contributed by atoms with Crippen LogP contribution in [0.3, 0.4) is 0 Å². The second-order valence-electron chi connectivity index (χ2n) is 3.99. The third kappa shape index (κ3) is 2.45. The number of amides is 1. The van der Waals surface area contributed by atoms with Gasteiger partial charge in [-0.2, -0.15) is 0 Å². The van der Waals surface area contributed by atoms with Crippen molar-refractivity contribution in [3.8, 4) is 0 Å². The summed E-state index contributed by atoms with van der Waals surface area (Å²) in [6.07, 6.45) is 3.64. The van der Waals surface area contributed by atoms with Crippen LogP contribution >= 0.6 is 11.8 Å². The molecule has 0 aromatic heterocycles. The molecule has 0 spiro atoms. The minimum Gasteiger partial charge on any atom is -0.411 e. The van der Waals surface area contributed by atoms with Crippen LogP contribution < -0.4 is 0 Å². The molecule has 2 heterocycles. The predicted octanol–water partition coefficient (Wildman–Crippen LogP) is 1.33. The second-order valence-corrected chi connectivity index (χ2v) is 5.30. The third-order valence-corrected chi connectivity index (χ3v) is 4.36. The van der Waals surface area contributed by atoms with Crippen molar-refractivity contribution in [1.82, 2.24) is 4.90 Å². The first-order valence-electron chi connectivity index (χ1n) is 5.41. The lowest BCUT2D eigenvalue weighted by atomic mass is 10.1. The van der Waals surface area contributed by atoms with Gasteiger partial charge in [0.1, 0.15) is 0 Å². The van der Waals surface area contributed by atoms with Crippen LogP contribution in [-0.4, -0.2) is 45.8 Å². The largest absolute Gasteiger partial charge is 0.411 e. The van der Waals surface area contributed by atoms with Gasteiger partial charge < -0.3 is 10.1 Å². The highest BCUT2D eigenvalue weighted by Crippen LogP contribution is 2.28. The van der Waals surface area contributed by atoms with Crippen molar-refractivity contribution in [2.24, 2.45) is 5.16 Å². The average Bonchev–Trinajstić information content (AvgIpc) is 2.82. The SMILES string of the molecule is O=C(C1CCCS1)N1CCC(=NO)CC1. The normalized spacial score (nSPS) is 26.8. The van der Waals surface area contributed by atoms with E-state index in [9.17, 15) is 4.79 Å². The minimum atomic E-state index is 0.192. The Morgan fingerprint density at radius 2 is 2.20 bits per heavy atom. The van der Waals surface area contributed by atoms with Gasteiger partial charge in [-0.3, -0.25) is 4.79 Å². The molecule has 4 nitrogen and oxygen atoms in total. The maximum Gasteiger partial charge on any atom is 0.235 e. The summed E-state index contributed by atoms with van der Waals surface area (Å²) in [7, 11) is 0. The Labute approximate surface area is 93.7 Å². The average molecular weight is 228 g/mol. The Kier molecular flexibility index (Phi) is 3.51. The molecule has 15 heavy (non-hydrogen) atoms. The fourth-order valence-corrected chi connectivity index (χ4v) is 3.30. The van der Waals surface area contributed by atoms with Crippen molar-refractivity contribution >= 4 is 23.4 Å². The number of likely N-dealkylation sites (tertiary alicyclic amines) is 1. The van der Waals surface area contributed by atoms with Crippen molar-refractivity contribution in [1.29, 1.82) is 0 Å². The summed E-state index contributed by atoms with van der Waals surface area (Å²) in [5.74, 6) is 1.41. The molecule has 0 aromatic rings. The van der Waals surface area contributed by atoms with Gasteiger partial charge in [0.25, 0.3) is 0 Å². The summed E-state index contributed by atoms with van der Waals surface area (Å²) < 4.78 is 0. The highest BCUT2D eigenvalue weighted by molar-refractivity contribution is 8.00. The van der Waals surface area contributed by atoms with E-state index in [4.69, 9.17) is 5.21 Å². The first-order valence-corrected chi connectivity index (χ1v) is 6.46. The van der Waals surface area contributed by atoms with E-state index >= 15 is 0 Å². The van der Waals surface area contributed by atoms with Gasteiger partial charge in [0.05, 0.1) is 11.0 Å². The van der Waals surface area contributed by atoms with Crippen LogP contribution in [0.1, 0.15) is 25.7 Å². The van der Waals surface area contributed by atoms with E-state index in [-0.39, 0.29) is 11.2 Å². The number of carbonyl (C=O) groups is 1. The van der Waals surface area contributed by atoms with Crippen LogP contribution in [0.2, 0.25) is 0 Å². The molecule has 5 heteroatoms. The van der Waals surface area contributed by atoms with Crippen LogP contribution in [0.4, 0.5) is 0 Å². The molecule has 1 atom stereocenters. The quantitative estimate of drug-likeness (QED) is 0.544. The van der Waals surface area contributed by atoms with Crippen molar-refractivity contribution in [2.75, 3.05) is 18.8 Å². The van der Waals surface area contributed by atoms with Gasteiger partial charge in [-0.05, 0) is 18.6 Å². The van der Waals surface area contributed by atoms with Crippen LogP contribution in [0, 0.1) is 0 Å². The molecule has 0 bridgehead atoms. The highest BCUT2D eigenvalue weighted by Gasteiger charge is 2.29. The maximum atomic E-state index is 12.0. The molecule has 84 valence electrons. The molecule has 0 saturated carbocycles. The van der Waals surface area contributed by atoms with Crippen molar-refractivity contribution in [3.05, 3.63) is 0 Å². The van der Waals surface area contributed by atoms with Crippen molar-refractivity contribution < 1.29 is 10.0 Å². The topological polar surface area (TPSA) is 52.9 Å². The summed E-state index contributed by atoms with van der Waals surface area (Å²) in [4.78, 5) is 13.9. The lowest BCUT2D eigenvalue weighted by Crippen LogP contribution is -2.42. The number of hydrogen-bond donors (Lipinski definition) is 1. The summed E-state index contributed by atoms with van der Waals surface area (Å²) in [6, 6.07) is 0. The van der Waals surface area contributed by atoms with Gasteiger partial charge in [0.2, 0.25) is 5.91 Å². The molecular formula is C10H16N2O2S. The zero-order chi connectivity index (χ0) is 10.7. The van der Waals surface area contributed by atoms with E-state index in [1.807, 2.05) is 4.90 Å². The minimum absolute atomic E-state index is 0.192. The first kappa shape index (κ1) is 10.8. The Morgan fingerprint density at radius 3 is 2.73 bits per heavy atom. The molecule has 1 unspecified atom stereocenters. The van der Waals surface area contributed by atoms with Crippen LogP contribution in [0.5, 0.6) is 0 Å². The first-order chi connectivity index (χ1) is 7.31. The van der Waals surface area contributed by atoms with Crippen LogP contribution in [0.25, 0.3) is 0 Å². The summed E-state index contributed by atoms with van der Waals surface area (Å²) in [5, 5.41) is 12.0. The number of carbonyl (C=O) groups excluding carboxylic acids is 1. The third-order valence-electron chi connectivity index (χ3n) is 3.00. The fraction of sp³-hybridized carbons (Fsp3) is 0.800. The molecular weight excluding hydrogens is 212 g/mol. The molecule has 2 fully saturated rings. The molecule has 0 aliphatic carbocycles. The van der Waals surface area contributed by atoms with Gasteiger partial charge in [-0.15, -0.1) is 11.8 Å². The predicted molar refractivity (Wildman–Crippen MR) is 60.5 cm³/mol. The van der Waals surface area contributed by atoms with E-state index in [0.717, 1.165) is 50.2 Å². The standard InChI is InChI=1S/C10H16N2O2S/c13-10(9-2-1-7-15-9)12-5-3-8(11-14)4-6-12/h9,14H,1-7H2.